The summed E-state index contributed by atoms with van der Waals surface area (Å²) in [6, 6.07) is 1.10. The van der Waals surface area contributed by atoms with Gasteiger partial charge in [0.25, 0.3) is 0 Å². The summed E-state index contributed by atoms with van der Waals surface area (Å²) in [7, 11) is 2.25. The van der Waals surface area contributed by atoms with Crippen LogP contribution >= 0.6 is 11.8 Å². The SMILES string of the molecule is CC(C)n1c(CN)nnc1SCCC1CCCCN1C. The number of rotatable bonds is 6. The van der Waals surface area contributed by atoms with Gasteiger partial charge in [0.1, 0.15) is 5.82 Å². The molecular formula is C14H27N5S. The van der Waals surface area contributed by atoms with Crippen LogP contribution in [0, 0.1) is 0 Å². The van der Waals surface area contributed by atoms with Crippen molar-refractivity contribution in [2.24, 2.45) is 5.73 Å². The van der Waals surface area contributed by atoms with Gasteiger partial charge < -0.3 is 15.2 Å². The molecule has 2 rings (SSSR count). The Labute approximate surface area is 126 Å². The van der Waals surface area contributed by atoms with Gasteiger partial charge in [-0.25, -0.2) is 0 Å². The maximum atomic E-state index is 5.73. The zero-order chi connectivity index (χ0) is 14.5. The van der Waals surface area contributed by atoms with Crippen molar-refractivity contribution in [2.45, 2.75) is 63.3 Å². The Morgan fingerprint density at radius 2 is 2.15 bits per heavy atom. The van der Waals surface area contributed by atoms with E-state index in [1.807, 2.05) is 11.8 Å². The fourth-order valence-electron chi connectivity index (χ4n) is 2.86. The zero-order valence-corrected chi connectivity index (χ0v) is 13.7. The van der Waals surface area contributed by atoms with E-state index in [4.69, 9.17) is 5.73 Å². The van der Waals surface area contributed by atoms with Gasteiger partial charge in [-0.05, 0) is 46.7 Å². The molecule has 0 amide bonds. The van der Waals surface area contributed by atoms with Crippen molar-refractivity contribution in [3.8, 4) is 0 Å². The lowest BCUT2D eigenvalue weighted by Crippen LogP contribution is -2.36. The summed E-state index contributed by atoms with van der Waals surface area (Å²) in [6.07, 6.45) is 5.28. The van der Waals surface area contributed by atoms with Crippen molar-refractivity contribution in [1.29, 1.82) is 0 Å². The standard InChI is InChI=1S/C14H27N5S/c1-11(2)19-13(10-15)16-17-14(19)20-9-7-12-6-4-5-8-18(12)3/h11-12H,4-10,15H2,1-3H3. The van der Waals surface area contributed by atoms with E-state index in [-0.39, 0.29) is 0 Å². The first kappa shape index (κ1) is 15.8. The summed E-state index contributed by atoms with van der Waals surface area (Å²) in [4.78, 5) is 2.50. The van der Waals surface area contributed by atoms with Gasteiger partial charge >= 0.3 is 0 Å². The van der Waals surface area contributed by atoms with Gasteiger partial charge in [-0.15, -0.1) is 10.2 Å². The minimum atomic E-state index is 0.364. The van der Waals surface area contributed by atoms with Crippen molar-refractivity contribution in [2.75, 3.05) is 19.3 Å². The van der Waals surface area contributed by atoms with Crippen LogP contribution in [0.25, 0.3) is 0 Å². The monoisotopic (exact) mass is 297 g/mol. The van der Waals surface area contributed by atoms with Gasteiger partial charge in [-0.1, -0.05) is 18.2 Å². The lowest BCUT2D eigenvalue weighted by atomic mass is 10.0. The van der Waals surface area contributed by atoms with E-state index in [1.165, 1.54) is 32.2 Å². The molecule has 0 radical (unpaired) electrons. The summed E-state index contributed by atoms with van der Waals surface area (Å²) >= 11 is 1.81. The molecule has 2 N–H and O–H groups in total. The van der Waals surface area contributed by atoms with Gasteiger partial charge in [0.15, 0.2) is 5.16 Å². The minimum Gasteiger partial charge on any atom is -0.324 e. The van der Waals surface area contributed by atoms with E-state index in [0.717, 1.165) is 22.8 Å². The van der Waals surface area contributed by atoms with E-state index in [1.54, 1.807) is 0 Å². The molecule has 1 unspecified atom stereocenters. The molecule has 1 saturated heterocycles. The Balaban J connectivity index is 1.89. The van der Waals surface area contributed by atoms with Crippen LogP contribution in [-0.4, -0.2) is 45.1 Å². The van der Waals surface area contributed by atoms with Gasteiger partial charge in [0, 0.05) is 17.8 Å². The molecule has 1 aliphatic heterocycles. The smallest absolute Gasteiger partial charge is 0.191 e. The number of nitrogens with zero attached hydrogens (tertiary/aromatic N) is 4. The van der Waals surface area contributed by atoms with Crippen LogP contribution in [-0.2, 0) is 6.54 Å². The first-order valence-electron chi connectivity index (χ1n) is 7.60. The Bertz CT molecular complexity index is 418. The summed E-state index contributed by atoms with van der Waals surface area (Å²) < 4.78 is 2.16. The maximum absolute atomic E-state index is 5.73. The van der Waals surface area contributed by atoms with Gasteiger partial charge in [-0.2, -0.15) is 0 Å². The second-order valence-corrected chi connectivity index (χ2v) is 6.90. The molecule has 1 aliphatic rings. The highest BCUT2D eigenvalue weighted by atomic mass is 32.2. The third-order valence-corrected chi connectivity index (χ3v) is 5.01. The summed E-state index contributed by atoms with van der Waals surface area (Å²) in [6.45, 7) is 6.01. The third kappa shape index (κ3) is 3.74. The highest BCUT2D eigenvalue weighted by molar-refractivity contribution is 7.99. The van der Waals surface area contributed by atoms with Crippen LogP contribution in [0.15, 0.2) is 5.16 Å². The topological polar surface area (TPSA) is 60.0 Å². The summed E-state index contributed by atoms with van der Waals surface area (Å²) in [5.41, 5.74) is 5.73. The van der Waals surface area contributed by atoms with Crippen molar-refractivity contribution < 1.29 is 0 Å². The van der Waals surface area contributed by atoms with E-state index in [9.17, 15) is 0 Å². The van der Waals surface area contributed by atoms with Crippen molar-refractivity contribution >= 4 is 11.8 Å². The second-order valence-electron chi connectivity index (χ2n) is 5.83. The number of nitrogens with two attached hydrogens (primary N) is 1. The van der Waals surface area contributed by atoms with Crippen LogP contribution in [0.1, 0.15) is 51.4 Å². The van der Waals surface area contributed by atoms with Crippen LogP contribution in [0.5, 0.6) is 0 Å². The molecule has 5 nitrogen and oxygen atoms in total. The Morgan fingerprint density at radius 1 is 1.35 bits per heavy atom. The molecule has 0 aliphatic carbocycles. The largest absolute Gasteiger partial charge is 0.324 e. The van der Waals surface area contributed by atoms with E-state index < -0.39 is 0 Å². The predicted molar refractivity (Wildman–Crippen MR) is 83.9 cm³/mol. The quantitative estimate of drug-likeness (QED) is 0.816. The van der Waals surface area contributed by atoms with E-state index >= 15 is 0 Å². The second kappa shape index (κ2) is 7.43. The molecule has 0 aromatic carbocycles. The average Bonchev–Trinajstić information content (AvgIpc) is 2.84. The minimum absolute atomic E-state index is 0.364. The Morgan fingerprint density at radius 3 is 2.80 bits per heavy atom. The molecule has 2 heterocycles. The van der Waals surface area contributed by atoms with Crippen molar-refractivity contribution in [1.82, 2.24) is 19.7 Å². The van der Waals surface area contributed by atoms with Gasteiger partial charge in [0.2, 0.25) is 0 Å². The van der Waals surface area contributed by atoms with Gasteiger partial charge in [0.05, 0.1) is 6.54 Å². The lowest BCUT2D eigenvalue weighted by Gasteiger charge is -2.32. The molecule has 114 valence electrons. The lowest BCUT2D eigenvalue weighted by molar-refractivity contribution is 0.182. The molecular weight excluding hydrogens is 270 g/mol. The molecule has 0 bridgehead atoms. The Hall–Kier alpha value is -0.590. The molecule has 1 aromatic rings. The summed E-state index contributed by atoms with van der Waals surface area (Å²) in [5.74, 6) is 1.99. The predicted octanol–water partition coefficient (Wildman–Crippen LogP) is 2.28. The van der Waals surface area contributed by atoms with Crippen LogP contribution in [0.4, 0.5) is 0 Å². The maximum Gasteiger partial charge on any atom is 0.191 e. The first-order chi connectivity index (χ1) is 9.63. The number of hydrogen-bond acceptors (Lipinski definition) is 5. The first-order valence-corrected chi connectivity index (χ1v) is 8.59. The molecule has 0 spiro atoms. The normalized spacial score (nSPS) is 20.8. The average molecular weight is 297 g/mol. The Kier molecular flexibility index (Phi) is 5.86. The van der Waals surface area contributed by atoms with Crippen LogP contribution in [0.3, 0.4) is 0 Å². The third-order valence-electron chi connectivity index (χ3n) is 4.04. The van der Waals surface area contributed by atoms with Crippen molar-refractivity contribution in [3.63, 3.8) is 0 Å². The fraction of sp³-hybridized carbons (Fsp3) is 0.857. The number of hydrogen-bond donors (Lipinski definition) is 1. The van der Waals surface area contributed by atoms with Crippen molar-refractivity contribution in [3.05, 3.63) is 5.82 Å². The number of piperidine rings is 1. The number of likely N-dealkylation sites (tertiary alicyclic amines) is 1. The van der Waals surface area contributed by atoms with Crippen LogP contribution in [0.2, 0.25) is 0 Å². The van der Waals surface area contributed by atoms with E-state index in [2.05, 4.69) is 40.6 Å². The molecule has 1 atom stereocenters. The molecule has 0 saturated carbocycles. The fourth-order valence-corrected chi connectivity index (χ4v) is 3.99. The van der Waals surface area contributed by atoms with Gasteiger partial charge in [-0.3, -0.25) is 0 Å². The molecule has 1 aromatic heterocycles. The summed E-state index contributed by atoms with van der Waals surface area (Å²) in [5, 5.41) is 9.50. The zero-order valence-electron chi connectivity index (χ0n) is 12.9. The van der Waals surface area contributed by atoms with Crippen LogP contribution < -0.4 is 5.73 Å². The number of thioether (sulfide) groups is 1. The highest BCUT2D eigenvalue weighted by Gasteiger charge is 2.19. The highest BCUT2D eigenvalue weighted by Crippen LogP contribution is 2.25. The molecule has 1 fully saturated rings. The number of aromatic nitrogens is 3. The van der Waals surface area contributed by atoms with E-state index in [0.29, 0.717) is 12.6 Å². The molecule has 6 heteroatoms. The molecule has 20 heavy (non-hydrogen) atoms.